The van der Waals surface area contributed by atoms with Gasteiger partial charge in [0.2, 0.25) is 0 Å². The first-order valence-electron chi connectivity index (χ1n) is 9.17. The normalized spacial score (nSPS) is 11.4. The Bertz CT molecular complexity index is 1360. The molecule has 2 radical (unpaired) electrons. The summed E-state index contributed by atoms with van der Waals surface area (Å²) in [5, 5.41) is 8.44. The molecule has 0 saturated carbocycles. The molecule has 29 heavy (non-hydrogen) atoms. The van der Waals surface area contributed by atoms with Gasteiger partial charge in [-0.2, -0.15) is 9.61 Å². The van der Waals surface area contributed by atoms with Crippen molar-refractivity contribution in [1.29, 1.82) is 0 Å². The molecule has 0 aliphatic heterocycles. The van der Waals surface area contributed by atoms with E-state index in [-0.39, 0.29) is 0 Å². The number of benzene rings is 2. The number of imidazole rings is 1. The van der Waals surface area contributed by atoms with Gasteiger partial charge in [-0.1, -0.05) is 35.9 Å². The Morgan fingerprint density at radius 1 is 1.14 bits per heavy atom. The smallest absolute Gasteiger partial charge is 0.150 e. The summed E-state index contributed by atoms with van der Waals surface area (Å²) in [5.41, 5.74) is 5.76. The van der Waals surface area contributed by atoms with Crippen molar-refractivity contribution in [3.05, 3.63) is 71.1 Å². The van der Waals surface area contributed by atoms with Gasteiger partial charge in [0.05, 0.1) is 16.7 Å². The number of H-pyrrole nitrogens is 1. The van der Waals surface area contributed by atoms with E-state index in [1.54, 1.807) is 10.7 Å². The number of aryl methyl sites for hydroxylation is 1. The van der Waals surface area contributed by atoms with Crippen LogP contribution in [0.25, 0.3) is 27.9 Å². The second-order valence-corrected chi connectivity index (χ2v) is 7.28. The van der Waals surface area contributed by atoms with Crippen molar-refractivity contribution in [3.63, 3.8) is 0 Å². The minimum Gasteiger partial charge on any atom is -0.366 e. The van der Waals surface area contributed by atoms with Crippen molar-refractivity contribution in [1.82, 2.24) is 24.6 Å². The van der Waals surface area contributed by atoms with Crippen molar-refractivity contribution in [2.24, 2.45) is 0 Å². The molecule has 5 aromatic rings. The van der Waals surface area contributed by atoms with Gasteiger partial charge in [0.15, 0.2) is 5.65 Å². The lowest BCUT2D eigenvalue weighted by Gasteiger charge is -2.12. The highest BCUT2D eigenvalue weighted by Crippen LogP contribution is 2.28. The lowest BCUT2D eigenvalue weighted by molar-refractivity contribution is 0.927. The maximum Gasteiger partial charge on any atom is 0.150 e. The number of fused-ring (bicyclic) bond motifs is 2. The van der Waals surface area contributed by atoms with Gasteiger partial charge >= 0.3 is 0 Å². The van der Waals surface area contributed by atoms with Crippen LogP contribution in [0.4, 0.5) is 5.82 Å². The first-order valence-corrected chi connectivity index (χ1v) is 9.54. The second-order valence-electron chi connectivity index (χ2n) is 6.87. The summed E-state index contributed by atoms with van der Waals surface area (Å²) in [6.45, 7) is 2.55. The first-order chi connectivity index (χ1) is 14.1. The highest BCUT2D eigenvalue weighted by molar-refractivity contribution is 6.36. The fourth-order valence-electron chi connectivity index (χ4n) is 3.40. The highest BCUT2D eigenvalue weighted by Gasteiger charge is 2.12. The monoisotopic (exact) mass is 398 g/mol. The third-order valence-corrected chi connectivity index (χ3v) is 5.12. The fourth-order valence-corrected chi connectivity index (χ4v) is 3.63. The number of halogens is 1. The van der Waals surface area contributed by atoms with E-state index in [4.69, 9.17) is 19.4 Å². The van der Waals surface area contributed by atoms with E-state index in [2.05, 4.69) is 37.5 Å². The van der Waals surface area contributed by atoms with Crippen LogP contribution in [0, 0.1) is 6.92 Å². The highest BCUT2D eigenvalue weighted by atomic mass is 35.5. The van der Waals surface area contributed by atoms with Gasteiger partial charge in [-0.3, -0.25) is 0 Å². The van der Waals surface area contributed by atoms with Gasteiger partial charge in [-0.05, 0) is 36.1 Å². The molecule has 5 rings (SSSR count). The van der Waals surface area contributed by atoms with Crippen LogP contribution in [0.5, 0.6) is 0 Å². The number of nitrogens with one attached hydrogen (secondary N) is 2. The topological polar surface area (TPSA) is 70.9 Å². The van der Waals surface area contributed by atoms with E-state index in [9.17, 15) is 0 Å². The molecule has 3 aromatic heterocycles. The predicted octanol–water partition coefficient (Wildman–Crippen LogP) is 3.64. The molecule has 140 valence electrons. The average Bonchev–Trinajstić information content (AvgIpc) is 3.28. The van der Waals surface area contributed by atoms with Gasteiger partial charge in [-0.25, -0.2) is 9.97 Å². The van der Waals surface area contributed by atoms with Crippen LogP contribution in [0.3, 0.4) is 0 Å². The molecule has 2 N–H and O–H groups in total. The number of anilines is 1. The maximum atomic E-state index is 6.38. The molecule has 3 heterocycles. The van der Waals surface area contributed by atoms with E-state index in [0.29, 0.717) is 22.7 Å². The van der Waals surface area contributed by atoms with E-state index >= 15 is 0 Å². The molecule has 0 fully saturated rings. The Labute approximate surface area is 173 Å². The Balaban J connectivity index is 1.53. The van der Waals surface area contributed by atoms with Crippen LogP contribution in [0.2, 0.25) is 5.02 Å². The van der Waals surface area contributed by atoms with Crippen molar-refractivity contribution in [3.8, 4) is 11.3 Å². The summed E-state index contributed by atoms with van der Waals surface area (Å²) in [7, 11) is 6.08. The summed E-state index contributed by atoms with van der Waals surface area (Å²) in [6.07, 6.45) is 1.60. The molecule has 0 amide bonds. The fraction of sp³-hybridized carbons (Fsp3) is 0.0952. The lowest BCUT2D eigenvalue weighted by atomic mass is 10.0. The SMILES string of the molecule is [B]c1cnn2c(NCc3ccc4nc(C)[nH]c4c3)cc(-c3ccccc3Cl)nc12. The van der Waals surface area contributed by atoms with E-state index < -0.39 is 0 Å². The lowest BCUT2D eigenvalue weighted by Crippen LogP contribution is -2.09. The number of hydrogen-bond acceptors (Lipinski definition) is 4. The molecule has 0 bridgehead atoms. The summed E-state index contributed by atoms with van der Waals surface area (Å²) < 4.78 is 1.70. The van der Waals surface area contributed by atoms with Crippen LogP contribution < -0.4 is 10.8 Å². The number of aromatic nitrogens is 5. The molecule has 6 nitrogen and oxygen atoms in total. The average molecular weight is 399 g/mol. The number of hydrogen-bond donors (Lipinski definition) is 2. The zero-order chi connectivity index (χ0) is 20.0. The molecule has 8 heteroatoms. The van der Waals surface area contributed by atoms with Crippen molar-refractivity contribution in [2.45, 2.75) is 13.5 Å². The number of rotatable bonds is 4. The van der Waals surface area contributed by atoms with E-state index in [0.717, 1.165) is 39.5 Å². The van der Waals surface area contributed by atoms with Crippen molar-refractivity contribution in [2.75, 3.05) is 5.32 Å². The Morgan fingerprint density at radius 3 is 2.86 bits per heavy atom. The largest absolute Gasteiger partial charge is 0.366 e. The zero-order valence-electron chi connectivity index (χ0n) is 15.6. The third kappa shape index (κ3) is 3.23. The van der Waals surface area contributed by atoms with Gasteiger partial charge in [0, 0.05) is 29.4 Å². The second kappa shape index (κ2) is 6.94. The molecular formula is C21H16BClN6. The van der Waals surface area contributed by atoms with Gasteiger partial charge < -0.3 is 10.3 Å². The molecule has 2 aromatic carbocycles. The summed E-state index contributed by atoms with van der Waals surface area (Å²) in [4.78, 5) is 12.4. The predicted molar refractivity (Wildman–Crippen MR) is 117 cm³/mol. The number of nitrogens with zero attached hydrogens (tertiary/aromatic N) is 4. The Hall–Kier alpha value is -3.32. The number of aromatic amines is 1. The van der Waals surface area contributed by atoms with E-state index in [1.165, 1.54) is 0 Å². The summed E-state index contributed by atoms with van der Waals surface area (Å²) >= 11 is 6.38. The minimum absolute atomic E-state index is 0.510. The maximum absolute atomic E-state index is 6.38. The molecule has 0 spiro atoms. The zero-order valence-corrected chi connectivity index (χ0v) is 16.4. The molecule has 0 atom stereocenters. The molecule has 0 aliphatic rings. The van der Waals surface area contributed by atoms with Crippen molar-refractivity contribution < 1.29 is 0 Å². The van der Waals surface area contributed by atoms with Gasteiger partial charge in [-0.15, -0.1) is 0 Å². The van der Waals surface area contributed by atoms with Gasteiger partial charge in [0.1, 0.15) is 19.5 Å². The standard InChI is InChI=1S/C21H16BClN6/c1-12-26-17-7-6-13(8-19(17)27-12)10-24-20-9-18(14-4-2-3-5-16(14)23)28-21-15(22)11-25-29(20)21/h2-9,11,24H,10H2,1H3,(H,26,27). The molecule has 0 aliphatic carbocycles. The van der Waals surface area contributed by atoms with Crippen LogP contribution >= 0.6 is 11.6 Å². The van der Waals surface area contributed by atoms with Crippen molar-refractivity contribution >= 4 is 47.4 Å². The van der Waals surface area contributed by atoms with Gasteiger partial charge in [0.25, 0.3) is 0 Å². The quantitative estimate of drug-likeness (QED) is 0.453. The van der Waals surface area contributed by atoms with E-state index in [1.807, 2.05) is 43.3 Å². The Morgan fingerprint density at radius 2 is 2.00 bits per heavy atom. The summed E-state index contributed by atoms with van der Waals surface area (Å²) in [6, 6.07) is 15.7. The minimum atomic E-state index is 0.510. The van der Waals surface area contributed by atoms with Crippen LogP contribution in [0.1, 0.15) is 11.4 Å². The van der Waals surface area contributed by atoms with Crippen LogP contribution in [-0.4, -0.2) is 32.4 Å². The first kappa shape index (κ1) is 17.8. The molecule has 0 saturated heterocycles. The Kier molecular flexibility index (Phi) is 4.25. The third-order valence-electron chi connectivity index (χ3n) is 4.79. The van der Waals surface area contributed by atoms with Crippen LogP contribution in [0.15, 0.2) is 54.7 Å². The molecular weight excluding hydrogens is 383 g/mol. The summed E-state index contributed by atoms with van der Waals surface area (Å²) in [5.74, 6) is 1.68. The molecule has 0 unspecified atom stereocenters. The van der Waals surface area contributed by atoms with Crippen LogP contribution in [-0.2, 0) is 6.54 Å².